The van der Waals surface area contributed by atoms with Crippen molar-refractivity contribution in [1.82, 2.24) is 0 Å². The van der Waals surface area contributed by atoms with Gasteiger partial charge in [0.2, 0.25) is 0 Å². The average molecular weight is 290 g/mol. The van der Waals surface area contributed by atoms with Gasteiger partial charge in [0.25, 0.3) is 0 Å². The van der Waals surface area contributed by atoms with Gasteiger partial charge in [-0.25, -0.2) is 0 Å². The first-order valence-electron chi connectivity index (χ1n) is 5.18. The highest BCUT2D eigenvalue weighted by Crippen LogP contribution is 2.17. The fourth-order valence-electron chi connectivity index (χ4n) is 1.63. The topological polar surface area (TPSA) is 76.5 Å². The van der Waals surface area contributed by atoms with Crippen LogP contribution in [0.15, 0.2) is 33.7 Å². The minimum absolute atomic E-state index is 0. The molecule has 1 atom stereocenters. The number of fused-ring (bicyclic) bond motifs is 1. The molecule has 1 aromatic carbocycles. The van der Waals surface area contributed by atoms with E-state index >= 15 is 0 Å². The summed E-state index contributed by atoms with van der Waals surface area (Å²) in [5.41, 5.74) is 6.37. The van der Waals surface area contributed by atoms with E-state index in [0.717, 1.165) is 0 Å². The molecule has 6 heteroatoms. The molecule has 3 N–H and O–H groups in total. The van der Waals surface area contributed by atoms with Crippen molar-refractivity contribution in [3.8, 4) is 0 Å². The lowest BCUT2D eigenvalue weighted by Crippen LogP contribution is -2.29. The molecular formula is C12H13Cl2NO3. The maximum absolute atomic E-state index is 12.1. The first kappa shape index (κ1) is 15.0. The number of benzene rings is 1. The van der Waals surface area contributed by atoms with Crippen LogP contribution in [0.2, 0.25) is 5.02 Å². The molecule has 1 unspecified atom stereocenters. The number of halogens is 2. The molecule has 0 saturated heterocycles. The Balaban J connectivity index is 0.00000162. The Morgan fingerprint density at radius 2 is 2.17 bits per heavy atom. The second-order valence-corrected chi connectivity index (χ2v) is 4.31. The first-order chi connectivity index (χ1) is 8.11. The van der Waals surface area contributed by atoms with E-state index in [1.165, 1.54) is 6.26 Å². The Bertz CT molecular complexity index is 597. The van der Waals surface area contributed by atoms with Gasteiger partial charge in [-0.05, 0) is 24.6 Å². The van der Waals surface area contributed by atoms with E-state index < -0.39 is 6.04 Å². The summed E-state index contributed by atoms with van der Waals surface area (Å²) in [5.74, 6) is 0. The van der Waals surface area contributed by atoms with Gasteiger partial charge in [-0.2, -0.15) is 0 Å². The van der Waals surface area contributed by atoms with Gasteiger partial charge in [-0.3, -0.25) is 4.79 Å². The third-order valence-corrected chi connectivity index (χ3v) is 2.76. The molecule has 0 aliphatic carbocycles. The molecule has 0 saturated carbocycles. The maximum Gasteiger partial charge on any atom is 0.195 e. The van der Waals surface area contributed by atoms with Crippen molar-refractivity contribution in [2.24, 2.45) is 5.73 Å². The van der Waals surface area contributed by atoms with Crippen LogP contribution in [0.4, 0.5) is 0 Å². The molecule has 0 spiro atoms. The number of rotatable bonds is 3. The van der Waals surface area contributed by atoms with Gasteiger partial charge in [0.05, 0.1) is 18.3 Å². The first-order valence-corrected chi connectivity index (χ1v) is 5.56. The van der Waals surface area contributed by atoms with Gasteiger partial charge < -0.3 is 15.3 Å². The highest BCUT2D eigenvalue weighted by Gasteiger charge is 2.10. The number of hydrogen-bond donors (Lipinski definition) is 2. The van der Waals surface area contributed by atoms with Crippen molar-refractivity contribution >= 4 is 35.0 Å². The number of nitrogens with two attached hydrogens (primary N) is 1. The Morgan fingerprint density at radius 3 is 2.83 bits per heavy atom. The molecule has 2 aromatic rings. The van der Waals surface area contributed by atoms with Crippen LogP contribution in [0, 0.1) is 0 Å². The van der Waals surface area contributed by atoms with Gasteiger partial charge in [-0.15, -0.1) is 12.4 Å². The summed E-state index contributed by atoms with van der Waals surface area (Å²) in [6, 6.07) is 4.41. The SMILES string of the molecule is Cl.NC(CO)Cc1coc2ccc(Cl)cc2c1=O. The summed E-state index contributed by atoms with van der Waals surface area (Å²) >= 11 is 5.83. The van der Waals surface area contributed by atoms with Crippen molar-refractivity contribution in [2.75, 3.05) is 6.61 Å². The second-order valence-electron chi connectivity index (χ2n) is 3.88. The van der Waals surface area contributed by atoms with Crippen LogP contribution in [0.25, 0.3) is 11.0 Å². The summed E-state index contributed by atoms with van der Waals surface area (Å²) in [6.45, 7) is -0.174. The molecule has 1 heterocycles. The van der Waals surface area contributed by atoms with E-state index in [-0.39, 0.29) is 30.9 Å². The number of aliphatic hydroxyl groups is 1. The van der Waals surface area contributed by atoms with E-state index in [1.807, 2.05) is 0 Å². The lowest BCUT2D eigenvalue weighted by atomic mass is 10.1. The molecule has 0 radical (unpaired) electrons. The molecule has 1 aromatic heterocycles. The van der Waals surface area contributed by atoms with Crippen molar-refractivity contribution in [3.63, 3.8) is 0 Å². The minimum atomic E-state index is -0.463. The van der Waals surface area contributed by atoms with Crippen molar-refractivity contribution in [2.45, 2.75) is 12.5 Å². The van der Waals surface area contributed by atoms with Gasteiger partial charge in [0, 0.05) is 16.6 Å². The molecule has 4 nitrogen and oxygen atoms in total. The fourth-order valence-corrected chi connectivity index (χ4v) is 1.80. The quantitative estimate of drug-likeness (QED) is 0.902. The van der Waals surface area contributed by atoms with Crippen LogP contribution in [-0.2, 0) is 6.42 Å². The highest BCUT2D eigenvalue weighted by atomic mass is 35.5. The summed E-state index contributed by atoms with van der Waals surface area (Å²) in [4.78, 5) is 12.1. The zero-order chi connectivity index (χ0) is 12.4. The molecule has 2 rings (SSSR count). The van der Waals surface area contributed by atoms with Gasteiger partial charge in [0.1, 0.15) is 5.58 Å². The highest BCUT2D eigenvalue weighted by molar-refractivity contribution is 6.31. The van der Waals surface area contributed by atoms with Crippen molar-refractivity contribution in [3.05, 3.63) is 45.3 Å². The zero-order valence-electron chi connectivity index (χ0n) is 9.43. The fraction of sp³-hybridized carbons (Fsp3) is 0.250. The Labute approximate surface area is 115 Å². The third-order valence-electron chi connectivity index (χ3n) is 2.52. The van der Waals surface area contributed by atoms with E-state index in [4.69, 9.17) is 26.9 Å². The Morgan fingerprint density at radius 1 is 1.44 bits per heavy atom. The molecule has 98 valence electrons. The van der Waals surface area contributed by atoms with Crippen molar-refractivity contribution in [1.29, 1.82) is 0 Å². The lowest BCUT2D eigenvalue weighted by molar-refractivity contribution is 0.265. The predicted molar refractivity (Wildman–Crippen MR) is 73.5 cm³/mol. The molecule has 0 aliphatic rings. The zero-order valence-corrected chi connectivity index (χ0v) is 11.0. The van der Waals surface area contributed by atoms with E-state index in [2.05, 4.69) is 0 Å². The van der Waals surface area contributed by atoms with Crippen molar-refractivity contribution < 1.29 is 9.52 Å². The monoisotopic (exact) mass is 289 g/mol. The van der Waals surface area contributed by atoms with Crippen LogP contribution < -0.4 is 11.2 Å². The summed E-state index contributed by atoms with van der Waals surface area (Å²) in [6.07, 6.45) is 1.66. The third kappa shape index (κ3) is 3.03. The summed E-state index contributed by atoms with van der Waals surface area (Å²) in [5, 5.41) is 9.78. The average Bonchev–Trinajstić information content (AvgIpc) is 2.33. The molecular weight excluding hydrogens is 277 g/mol. The summed E-state index contributed by atoms with van der Waals surface area (Å²) < 4.78 is 5.33. The molecule has 0 fully saturated rings. The number of hydrogen-bond acceptors (Lipinski definition) is 4. The lowest BCUT2D eigenvalue weighted by Gasteiger charge is -2.07. The van der Waals surface area contributed by atoms with E-state index in [9.17, 15) is 4.79 Å². The van der Waals surface area contributed by atoms with Crippen LogP contribution in [0.1, 0.15) is 5.56 Å². The minimum Gasteiger partial charge on any atom is -0.464 e. The summed E-state index contributed by atoms with van der Waals surface area (Å²) in [7, 11) is 0. The molecule has 18 heavy (non-hydrogen) atoms. The normalized spacial score (nSPS) is 12.2. The van der Waals surface area contributed by atoms with Gasteiger partial charge >= 0.3 is 0 Å². The standard InChI is InChI=1S/C12H12ClNO3.ClH/c13-8-1-2-11-10(4-8)12(16)7(6-17-11)3-9(14)5-15;/h1-2,4,6,9,15H,3,5,14H2;1H. The Kier molecular flexibility index (Phi) is 5.16. The second kappa shape index (κ2) is 6.20. The van der Waals surface area contributed by atoms with Crippen LogP contribution >= 0.6 is 24.0 Å². The van der Waals surface area contributed by atoms with Crippen LogP contribution in [-0.4, -0.2) is 17.8 Å². The smallest absolute Gasteiger partial charge is 0.195 e. The predicted octanol–water partition coefficient (Wildman–Crippen LogP) is 1.73. The van der Waals surface area contributed by atoms with Gasteiger partial charge in [-0.1, -0.05) is 11.6 Å². The molecule has 0 bridgehead atoms. The largest absolute Gasteiger partial charge is 0.464 e. The molecule has 0 aliphatic heterocycles. The van der Waals surface area contributed by atoms with Crippen LogP contribution in [0.3, 0.4) is 0 Å². The van der Waals surface area contributed by atoms with E-state index in [0.29, 0.717) is 21.6 Å². The number of aliphatic hydroxyl groups excluding tert-OH is 1. The molecule has 0 amide bonds. The van der Waals surface area contributed by atoms with Gasteiger partial charge in [0.15, 0.2) is 5.43 Å². The maximum atomic E-state index is 12.1. The Hall–Kier alpha value is -1.07. The van der Waals surface area contributed by atoms with E-state index in [1.54, 1.807) is 18.2 Å². The van der Waals surface area contributed by atoms with Crippen LogP contribution in [0.5, 0.6) is 0 Å².